The maximum absolute atomic E-state index is 11.8. The Morgan fingerprint density at radius 3 is 3.00 bits per heavy atom. The first-order valence-corrected chi connectivity index (χ1v) is 5.85. The number of nitrogens with one attached hydrogen (secondary N) is 2. The van der Waals surface area contributed by atoms with Crippen molar-refractivity contribution in [1.82, 2.24) is 10.3 Å². The van der Waals surface area contributed by atoms with E-state index in [0.29, 0.717) is 5.56 Å². The molecule has 4 heteroatoms. The highest BCUT2D eigenvalue weighted by Gasteiger charge is 2.12. The third-order valence-electron chi connectivity index (χ3n) is 3.05. The molecule has 1 aromatic heterocycles. The molecule has 90 valence electrons. The molecular formula is C13H16N2O2. The molecule has 2 rings (SSSR count). The number of rotatable bonds is 3. The Bertz CT molecular complexity index is 503. The predicted octanol–water partition coefficient (Wildman–Crippen LogP) is 1.06. The number of fused-ring (bicyclic) bond motifs is 1. The standard InChI is InChI=1S/C13H16N2O2/c1-2-12(16)14-8-10-7-9-5-3-4-6-11(9)15-13(10)17/h2,7H,1,3-6,8H2,(H,14,16)(H,15,17). The molecular weight excluding hydrogens is 216 g/mol. The Hall–Kier alpha value is -1.84. The van der Waals surface area contributed by atoms with Crippen LogP contribution in [0.2, 0.25) is 0 Å². The fourth-order valence-electron chi connectivity index (χ4n) is 2.11. The van der Waals surface area contributed by atoms with Gasteiger partial charge in [-0.25, -0.2) is 0 Å². The van der Waals surface area contributed by atoms with Crippen molar-refractivity contribution >= 4 is 5.91 Å². The van der Waals surface area contributed by atoms with Crippen LogP contribution in [0.4, 0.5) is 0 Å². The number of H-pyrrole nitrogens is 1. The second-order valence-corrected chi connectivity index (χ2v) is 4.26. The Morgan fingerprint density at radius 1 is 1.47 bits per heavy atom. The molecule has 1 aromatic rings. The van der Waals surface area contributed by atoms with Gasteiger partial charge in [0.15, 0.2) is 0 Å². The molecule has 0 spiro atoms. The van der Waals surface area contributed by atoms with Gasteiger partial charge in [0.25, 0.3) is 5.56 Å². The molecule has 1 aliphatic rings. The molecule has 0 radical (unpaired) electrons. The van der Waals surface area contributed by atoms with Crippen molar-refractivity contribution in [3.8, 4) is 0 Å². The van der Waals surface area contributed by atoms with Crippen molar-refractivity contribution in [2.24, 2.45) is 0 Å². The molecule has 0 atom stereocenters. The van der Waals surface area contributed by atoms with Crippen LogP contribution in [0.3, 0.4) is 0 Å². The molecule has 1 aliphatic carbocycles. The number of aromatic nitrogens is 1. The van der Waals surface area contributed by atoms with Gasteiger partial charge in [-0.15, -0.1) is 0 Å². The minimum atomic E-state index is -0.262. The van der Waals surface area contributed by atoms with Crippen molar-refractivity contribution < 1.29 is 4.79 Å². The van der Waals surface area contributed by atoms with E-state index in [1.54, 1.807) is 0 Å². The number of amides is 1. The summed E-state index contributed by atoms with van der Waals surface area (Å²) in [5, 5.41) is 2.62. The largest absolute Gasteiger partial charge is 0.348 e. The Labute approximate surface area is 99.7 Å². The van der Waals surface area contributed by atoms with Crippen LogP contribution in [0.5, 0.6) is 0 Å². The number of pyridine rings is 1. The molecule has 17 heavy (non-hydrogen) atoms. The quantitative estimate of drug-likeness (QED) is 0.765. The lowest BCUT2D eigenvalue weighted by molar-refractivity contribution is -0.116. The molecule has 4 nitrogen and oxygen atoms in total. The van der Waals surface area contributed by atoms with Crippen LogP contribution in [0.25, 0.3) is 0 Å². The average molecular weight is 232 g/mol. The van der Waals surface area contributed by atoms with E-state index in [0.717, 1.165) is 31.4 Å². The number of hydrogen-bond acceptors (Lipinski definition) is 2. The topological polar surface area (TPSA) is 62.0 Å². The summed E-state index contributed by atoms with van der Waals surface area (Å²) in [6.07, 6.45) is 5.46. The SMILES string of the molecule is C=CC(=O)NCc1cc2c([nH]c1=O)CCCC2. The van der Waals surface area contributed by atoms with Crippen LogP contribution in [0.15, 0.2) is 23.5 Å². The predicted molar refractivity (Wildman–Crippen MR) is 65.7 cm³/mol. The van der Waals surface area contributed by atoms with Gasteiger partial charge in [-0.3, -0.25) is 9.59 Å². The molecule has 0 bridgehead atoms. The van der Waals surface area contributed by atoms with E-state index < -0.39 is 0 Å². The van der Waals surface area contributed by atoms with Crippen molar-refractivity contribution in [3.63, 3.8) is 0 Å². The highest BCUT2D eigenvalue weighted by Crippen LogP contribution is 2.18. The highest BCUT2D eigenvalue weighted by molar-refractivity contribution is 5.86. The van der Waals surface area contributed by atoms with E-state index in [1.807, 2.05) is 6.07 Å². The summed E-state index contributed by atoms with van der Waals surface area (Å²) in [5.74, 6) is -0.262. The second-order valence-electron chi connectivity index (χ2n) is 4.26. The molecule has 0 saturated carbocycles. The van der Waals surface area contributed by atoms with Gasteiger partial charge in [0, 0.05) is 17.8 Å². The maximum Gasteiger partial charge on any atom is 0.253 e. The lowest BCUT2D eigenvalue weighted by Gasteiger charge is -2.16. The summed E-state index contributed by atoms with van der Waals surface area (Å²) >= 11 is 0. The van der Waals surface area contributed by atoms with Gasteiger partial charge in [-0.2, -0.15) is 0 Å². The zero-order chi connectivity index (χ0) is 12.3. The van der Waals surface area contributed by atoms with Gasteiger partial charge in [-0.05, 0) is 43.4 Å². The van der Waals surface area contributed by atoms with Crippen LogP contribution in [-0.2, 0) is 24.2 Å². The normalized spacial score (nSPS) is 13.9. The van der Waals surface area contributed by atoms with E-state index in [2.05, 4.69) is 16.9 Å². The maximum atomic E-state index is 11.8. The molecule has 1 amide bonds. The van der Waals surface area contributed by atoms with Gasteiger partial charge < -0.3 is 10.3 Å². The van der Waals surface area contributed by atoms with E-state index >= 15 is 0 Å². The average Bonchev–Trinajstić information content (AvgIpc) is 2.35. The molecule has 0 aliphatic heterocycles. The van der Waals surface area contributed by atoms with Crippen molar-refractivity contribution in [2.45, 2.75) is 32.2 Å². The summed E-state index contributed by atoms with van der Waals surface area (Å²) in [6.45, 7) is 3.62. The summed E-state index contributed by atoms with van der Waals surface area (Å²) in [5.41, 5.74) is 2.77. The van der Waals surface area contributed by atoms with Gasteiger partial charge in [0.2, 0.25) is 5.91 Å². The van der Waals surface area contributed by atoms with Crippen LogP contribution < -0.4 is 10.9 Å². The Morgan fingerprint density at radius 2 is 2.24 bits per heavy atom. The Kier molecular flexibility index (Phi) is 3.42. The number of carbonyl (C=O) groups is 1. The van der Waals surface area contributed by atoms with Gasteiger partial charge in [0.05, 0.1) is 0 Å². The van der Waals surface area contributed by atoms with Crippen molar-refractivity contribution in [2.75, 3.05) is 0 Å². The van der Waals surface area contributed by atoms with Crippen molar-refractivity contribution in [3.05, 3.63) is 45.9 Å². The van der Waals surface area contributed by atoms with Crippen LogP contribution in [0.1, 0.15) is 29.7 Å². The Balaban J connectivity index is 2.20. The zero-order valence-electron chi connectivity index (χ0n) is 9.71. The monoisotopic (exact) mass is 232 g/mol. The number of carbonyl (C=O) groups excluding carboxylic acids is 1. The lowest BCUT2D eigenvalue weighted by atomic mass is 9.95. The second kappa shape index (κ2) is 4.99. The van der Waals surface area contributed by atoms with Gasteiger partial charge in [0.1, 0.15) is 0 Å². The number of hydrogen-bond donors (Lipinski definition) is 2. The molecule has 1 heterocycles. The molecule has 0 unspecified atom stereocenters. The van der Waals surface area contributed by atoms with E-state index in [1.165, 1.54) is 11.6 Å². The summed E-state index contributed by atoms with van der Waals surface area (Å²) in [6, 6.07) is 1.91. The first-order valence-electron chi connectivity index (χ1n) is 5.85. The van der Waals surface area contributed by atoms with E-state index in [-0.39, 0.29) is 18.0 Å². The molecule has 0 fully saturated rings. The zero-order valence-corrected chi connectivity index (χ0v) is 9.71. The molecule has 0 aromatic carbocycles. The summed E-state index contributed by atoms with van der Waals surface area (Å²) < 4.78 is 0. The lowest BCUT2D eigenvalue weighted by Crippen LogP contribution is -2.26. The third-order valence-corrected chi connectivity index (χ3v) is 3.05. The van der Waals surface area contributed by atoms with Crippen molar-refractivity contribution in [1.29, 1.82) is 0 Å². The smallest absolute Gasteiger partial charge is 0.253 e. The van der Waals surface area contributed by atoms with Crippen LogP contribution in [-0.4, -0.2) is 10.9 Å². The number of aromatic amines is 1. The van der Waals surface area contributed by atoms with E-state index in [9.17, 15) is 9.59 Å². The van der Waals surface area contributed by atoms with Gasteiger partial charge >= 0.3 is 0 Å². The minimum absolute atomic E-state index is 0.102. The van der Waals surface area contributed by atoms with Gasteiger partial charge in [-0.1, -0.05) is 6.58 Å². The van der Waals surface area contributed by atoms with Crippen LogP contribution in [0, 0.1) is 0 Å². The summed E-state index contributed by atoms with van der Waals surface area (Å²) in [7, 11) is 0. The highest BCUT2D eigenvalue weighted by atomic mass is 16.1. The first-order chi connectivity index (χ1) is 8.20. The van der Waals surface area contributed by atoms with E-state index in [4.69, 9.17) is 0 Å². The molecule has 2 N–H and O–H groups in total. The number of aryl methyl sites for hydroxylation is 2. The fourth-order valence-corrected chi connectivity index (χ4v) is 2.11. The fraction of sp³-hybridized carbons (Fsp3) is 0.385. The summed E-state index contributed by atoms with van der Waals surface area (Å²) in [4.78, 5) is 25.7. The first kappa shape index (κ1) is 11.6. The molecule has 0 saturated heterocycles. The van der Waals surface area contributed by atoms with Crippen LogP contribution >= 0.6 is 0 Å². The third kappa shape index (κ3) is 2.64. The minimum Gasteiger partial charge on any atom is -0.348 e.